The zero-order valence-corrected chi connectivity index (χ0v) is 17.1. The summed E-state index contributed by atoms with van der Waals surface area (Å²) in [5.41, 5.74) is 2.99. The van der Waals surface area contributed by atoms with Crippen molar-refractivity contribution in [2.45, 2.75) is 75.3 Å². The Morgan fingerprint density at radius 2 is 1.85 bits per heavy atom. The Kier molecular flexibility index (Phi) is 4.42. The van der Waals surface area contributed by atoms with Crippen molar-refractivity contribution in [2.24, 2.45) is 16.7 Å². The van der Waals surface area contributed by atoms with E-state index in [1.165, 1.54) is 18.2 Å². The SMILES string of the molecule is C[Se+](C/C=C/[Si](C)(C)C)[C@@H]1[C@H]2CC[C@@](C)([C@@H]1O)C2(C)C. The molecule has 0 aliphatic heterocycles. The van der Waals surface area contributed by atoms with Gasteiger partial charge >= 0.3 is 131 Å². The first-order valence-corrected chi connectivity index (χ1v) is 15.5. The topological polar surface area (TPSA) is 20.2 Å². The number of aliphatic hydroxyl groups is 1. The number of rotatable bonds is 4. The summed E-state index contributed by atoms with van der Waals surface area (Å²) in [5, 5.41) is 12.2. The van der Waals surface area contributed by atoms with Crippen molar-refractivity contribution < 1.29 is 5.11 Å². The van der Waals surface area contributed by atoms with Crippen LogP contribution in [0.1, 0.15) is 33.6 Å². The third kappa shape index (κ3) is 2.60. The quantitative estimate of drug-likeness (QED) is 0.719. The van der Waals surface area contributed by atoms with Gasteiger partial charge in [-0.3, -0.25) is 0 Å². The Labute approximate surface area is 131 Å². The van der Waals surface area contributed by atoms with Crippen molar-refractivity contribution in [2.75, 3.05) is 0 Å². The van der Waals surface area contributed by atoms with Crippen molar-refractivity contribution in [1.82, 2.24) is 0 Å². The van der Waals surface area contributed by atoms with E-state index in [2.05, 4.69) is 58.0 Å². The molecular formula is C17H33OSeSi+. The summed E-state index contributed by atoms with van der Waals surface area (Å²) in [4.78, 5) is 0.620. The van der Waals surface area contributed by atoms with Gasteiger partial charge < -0.3 is 0 Å². The molecule has 2 fully saturated rings. The predicted molar refractivity (Wildman–Crippen MR) is 93.3 cm³/mol. The van der Waals surface area contributed by atoms with Crippen LogP contribution in [0.25, 0.3) is 0 Å². The monoisotopic (exact) mass is 361 g/mol. The van der Waals surface area contributed by atoms with Crippen LogP contribution in [0.3, 0.4) is 0 Å². The van der Waals surface area contributed by atoms with Gasteiger partial charge in [-0.1, -0.05) is 0 Å². The van der Waals surface area contributed by atoms with E-state index in [0.29, 0.717) is 10.2 Å². The maximum absolute atomic E-state index is 10.9. The molecule has 0 saturated heterocycles. The van der Waals surface area contributed by atoms with Crippen LogP contribution < -0.4 is 0 Å². The molecule has 2 bridgehead atoms. The molecule has 0 aromatic carbocycles. The number of allylic oxidation sites excluding steroid dienone is 1. The fourth-order valence-corrected chi connectivity index (χ4v) is 10.7. The van der Waals surface area contributed by atoms with Gasteiger partial charge in [0.05, 0.1) is 0 Å². The summed E-state index contributed by atoms with van der Waals surface area (Å²) >= 11 is -0.739. The molecule has 0 radical (unpaired) electrons. The normalized spacial score (nSPS) is 41.5. The van der Waals surface area contributed by atoms with Crippen molar-refractivity contribution in [1.29, 1.82) is 0 Å². The number of fused-ring (bicyclic) bond motifs is 2. The Morgan fingerprint density at radius 3 is 2.30 bits per heavy atom. The molecular weight excluding hydrogens is 327 g/mol. The van der Waals surface area contributed by atoms with Crippen LogP contribution in [0.4, 0.5) is 0 Å². The van der Waals surface area contributed by atoms with Crippen molar-refractivity contribution >= 4 is 22.0 Å². The second-order valence-electron chi connectivity index (χ2n) is 8.82. The Hall–Kier alpha value is 0.436. The molecule has 3 heteroatoms. The average molecular weight is 360 g/mol. The molecule has 20 heavy (non-hydrogen) atoms. The van der Waals surface area contributed by atoms with Gasteiger partial charge in [0, 0.05) is 0 Å². The molecule has 1 N–H and O–H groups in total. The number of hydrogen-bond acceptors (Lipinski definition) is 1. The summed E-state index contributed by atoms with van der Waals surface area (Å²) in [7, 11) is -1.06. The summed E-state index contributed by atoms with van der Waals surface area (Å²) in [6, 6.07) is 0. The first-order chi connectivity index (χ1) is 9.01. The van der Waals surface area contributed by atoms with Crippen molar-refractivity contribution in [3.8, 4) is 0 Å². The van der Waals surface area contributed by atoms with Gasteiger partial charge in [-0.05, 0) is 0 Å². The van der Waals surface area contributed by atoms with Crippen LogP contribution in [-0.4, -0.2) is 33.2 Å². The number of hydrogen-bond donors (Lipinski definition) is 1. The molecule has 2 rings (SSSR count). The van der Waals surface area contributed by atoms with Gasteiger partial charge in [-0.25, -0.2) is 0 Å². The van der Waals surface area contributed by atoms with Gasteiger partial charge in [0.25, 0.3) is 0 Å². The molecule has 5 atom stereocenters. The molecule has 2 saturated carbocycles. The third-order valence-electron chi connectivity index (χ3n) is 6.18. The van der Waals surface area contributed by atoms with E-state index >= 15 is 0 Å². The predicted octanol–water partition coefficient (Wildman–Crippen LogP) is 4.73. The molecule has 0 amide bonds. The van der Waals surface area contributed by atoms with E-state index in [4.69, 9.17) is 0 Å². The summed E-state index contributed by atoms with van der Waals surface area (Å²) < 4.78 is 0. The molecule has 0 spiro atoms. The van der Waals surface area contributed by atoms with Gasteiger partial charge in [-0.15, -0.1) is 0 Å². The van der Waals surface area contributed by atoms with Crippen molar-refractivity contribution in [3.63, 3.8) is 0 Å². The van der Waals surface area contributed by atoms with Crippen LogP contribution >= 0.6 is 0 Å². The van der Waals surface area contributed by atoms with Crippen LogP contribution in [0.15, 0.2) is 11.8 Å². The molecule has 0 heterocycles. The van der Waals surface area contributed by atoms with Crippen LogP contribution in [0.2, 0.25) is 35.6 Å². The molecule has 0 aromatic rings. The standard InChI is InChI=1S/C17H33OSeSi/c1-16(2)13-9-10-17(16,3)15(18)14(13)19(4)11-8-12-20(5,6)7/h8,12-15,18H,9-11H2,1-7H3/q+1/b12-8+/t13-,14-,15-,17+,19?/m1/s1. The summed E-state index contributed by atoms with van der Waals surface area (Å²) in [5.74, 6) is 3.24. The maximum atomic E-state index is 10.9. The van der Waals surface area contributed by atoms with E-state index < -0.39 is 22.0 Å². The zero-order valence-electron chi connectivity index (χ0n) is 14.4. The second kappa shape index (κ2) is 5.26. The summed E-state index contributed by atoms with van der Waals surface area (Å²) in [6.45, 7) is 14.3. The molecule has 1 nitrogen and oxygen atoms in total. The van der Waals surface area contributed by atoms with Crippen LogP contribution in [0, 0.1) is 16.7 Å². The van der Waals surface area contributed by atoms with Gasteiger partial charge in [0.1, 0.15) is 0 Å². The molecule has 2 aliphatic rings. The fraction of sp³-hybridized carbons (Fsp3) is 0.882. The van der Waals surface area contributed by atoms with E-state index in [-0.39, 0.29) is 11.5 Å². The number of aliphatic hydroxyl groups excluding tert-OH is 1. The fourth-order valence-electron chi connectivity index (χ4n) is 4.41. The first-order valence-electron chi connectivity index (χ1n) is 7.98. The van der Waals surface area contributed by atoms with Crippen LogP contribution in [-0.2, 0) is 0 Å². The van der Waals surface area contributed by atoms with Crippen LogP contribution in [0.5, 0.6) is 0 Å². The first kappa shape index (κ1) is 16.8. The Morgan fingerprint density at radius 1 is 1.25 bits per heavy atom. The van der Waals surface area contributed by atoms with Crippen molar-refractivity contribution in [3.05, 3.63) is 11.8 Å². The van der Waals surface area contributed by atoms with E-state index in [0.717, 1.165) is 5.92 Å². The molecule has 1 unspecified atom stereocenters. The summed E-state index contributed by atoms with van der Waals surface area (Å²) in [6.07, 6.45) is 4.97. The third-order valence-corrected chi connectivity index (χ3v) is 12.1. The molecule has 0 aromatic heterocycles. The molecule has 2 aliphatic carbocycles. The van der Waals surface area contributed by atoms with E-state index in [1.54, 1.807) is 0 Å². The Balaban J connectivity index is 2.09. The Bertz CT molecular complexity index is 398. The second-order valence-corrected chi connectivity index (χ2v) is 18.6. The average Bonchev–Trinajstić information content (AvgIpc) is 2.59. The zero-order chi connectivity index (χ0) is 15.3. The van der Waals surface area contributed by atoms with Gasteiger partial charge in [-0.2, -0.15) is 0 Å². The van der Waals surface area contributed by atoms with Gasteiger partial charge in [0.15, 0.2) is 0 Å². The minimum atomic E-state index is -1.06. The van der Waals surface area contributed by atoms with E-state index in [9.17, 15) is 5.11 Å². The molecule has 116 valence electrons. The van der Waals surface area contributed by atoms with E-state index in [1.807, 2.05) is 0 Å². The van der Waals surface area contributed by atoms with Gasteiger partial charge in [0.2, 0.25) is 0 Å². The minimum absolute atomic E-state index is 0.0495.